The summed E-state index contributed by atoms with van der Waals surface area (Å²) in [5.41, 5.74) is 14.8. The molecule has 0 fully saturated rings. The van der Waals surface area contributed by atoms with Gasteiger partial charge in [0.15, 0.2) is 5.58 Å². The Morgan fingerprint density at radius 2 is 1.12 bits per heavy atom. The molecule has 4 heterocycles. The number of nitrogens with zero attached hydrogens (tertiary/aromatic N) is 3. The maximum absolute atomic E-state index is 6.53. The fraction of sp³-hybridized carbons (Fsp3) is 0. The molecule has 0 radical (unpaired) electrons. The van der Waals surface area contributed by atoms with E-state index in [0.29, 0.717) is 5.58 Å². The summed E-state index contributed by atoms with van der Waals surface area (Å²) in [4.78, 5) is 9.53. The number of thiophene rings is 1. The van der Waals surface area contributed by atoms with Crippen LogP contribution in [0, 0.1) is 0 Å². The molecule has 266 valence electrons. The van der Waals surface area contributed by atoms with Crippen molar-refractivity contribution in [3.05, 3.63) is 188 Å². The van der Waals surface area contributed by atoms with Gasteiger partial charge in [-0.15, -0.1) is 11.3 Å². The lowest BCUT2D eigenvalue weighted by atomic mass is 9.97. The van der Waals surface area contributed by atoms with Gasteiger partial charge in [-0.25, -0.2) is 9.97 Å². The van der Waals surface area contributed by atoms with Crippen molar-refractivity contribution >= 4 is 75.4 Å². The molecule has 12 rings (SSSR count). The van der Waals surface area contributed by atoms with E-state index < -0.39 is 0 Å². The van der Waals surface area contributed by atoms with E-state index >= 15 is 0 Å². The number of hydrogen-bond donors (Lipinski definition) is 0. The third kappa shape index (κ3) is 5.06. The van der Waals surface area contributed by atoms with E-state index in [-0.39, 0.29) is 0 Å². The first kappa shape index (κ1) is 32.0. The fourth-order valence-corrected chi connectivity index (χ4v) is 9.83. The highest BCUT2D eigenvalue weighted by atomic mass is 32.1. The molecule has 0 bridgehead atoms. The summed E-state index contributed by atoms with van der Waals surface area (Å²) >= 11 is 1.82. The van der Waals surface area contributed by atoms with Crippen LogP contribution in [0.1, 0.15) is 0 Å². The highest BCUT2D eigenvalue weighted by molar-refractivity contribution is 7.26. The van der Waals surface area contributed by atoms with Crippen LogP contribution in [0.25, 0.3) is 114 Å². The van der Waals surface area contributed by atoms with Crippen molar-refractivity contribution in [2.75, 3.05) is 0 Å². The minimum atomic E-state index is 0.702. The molecule has 0 aliphatic heterocycles. The van der Waals surface area contributed by atoms with Gasteiger partial charge in [-0.2, -0.15) is 0 Å². The molecular formula is C52H31N3OS. The number of aromatic nitrogens is 3. The van der Waals surface area contributed by atoms with Crippen molar-refractivity contribution in [3.63, 3.8) is 0 Å². The summed E-state index contributed by atoms with van der Waals surface area (Å²) in [6.45, 7) is 0. The van der Waals surface area contributed by atoms with E-state index in [1.807, 2.05) is 17.4 Å². The van der Waals surface area contributed by atoms with Gasteiger partial charge >= 0.3 is 0 Å². The number of para-hydroxylation sites is 2. The molecular weight excluding hydrogens is 715 g/mol. The van der Waals surface area contributed by atoms with E-state index in [1.165, 1.54) is 64.2 Å². The summed E-state index contributed by atoms with van der Waals surface area (Å²) < 4.78 is 11.4. The normalized spacial score (nSPS) is 11.9. The van der Waals surface area contributed by atoms with Gasteiger partial charge in [-0.3, -0.25) is 0 Å². The molecule has 0 spiro atoms. The first-order valence-corrected chi connectivity index (χ1v) is 19.9. The van der Waals surface area contributed by atoms with Crippen LogP contribution in [0.5, 0.6) is 0 Å². The number of hydrogen-bond acceptors (Lipinski definition) is 4. The molecule has 0 unspecified atom stereocenters. The summed E-state index contributed by atoms with van der Waals surface area (Å²) in [5, 5.41) is 5.99. The zero-order valence-electron chi connectivity index (χ0n) is 30.6. The molecule has 0 atom stereocenters. The second-order valence-electron chi connectivity index (χ2n) is 14.6. The van der Waals surface area contributed by atoms with Gasteiger partial charge in [0.05, 0.1) is 11.0 Å². The number of rotatable bonds is 5. The Morgan fingerprint density at radius 3 is 1.98 bits per heavy atom. The molecule has 0 saturated carbocycles. The largest absolute Gasteiger partial charge is 0.452 e. The van der Waals surface area contributed by atoms with E-state index in [1.54, 1.807) is 6.33 Å². The Morgan fingerprint density at radius 1 is 0.439 bits per heavy atom. The number of fused-ring (bicyclic) bond motifs is 9. The molecule has 4 aromatic heterocycles. The zero-order chi connectivity index (χ0) is 37.5. The molecule has 0 amide bonds. The minimum absolute atomic E-state index is 0.702. The van der Waals surface area contributed by atoms with Crippen LogP contribution in [0.3, 0.4) is 0 Å². The Balaban J connectivity index is 0.943. The fourth-order valence-electron chi connectivity index (χ4n) is 8.66. The summed E-state index contributed by atoms with van der Waals surface area (Å²) in [7, 11) is 0. The molecule has 57 heavy (non-hydrogen) atoms. The topological polar surface area (TPSA) is 43.9 Å². The van der Waals surface area contributed by atoms with Crippen molar-refractivity contribution in [1.82, 2.24) is 14.5 Å². The van der Waals surface area contributed by atoms with E-state index in [9.17, 15) is 0 Å². The van der Waals surface area contributed by atoms with E-state index in [0.717, 1.165) is 44.6 Å². The van der Waals surface area contributed by atoms with Crippen molar-refractivity contribution in [2.45, 2.75) is 0 Å². The Kier molecular flexibility index (Phi) is 7.06. The molecule has 0 N–H and O–H groups in total. The van der Waals surface area contributed by atoms with Gasteiger partial charge < -0.3 is 8.98 Å². The van der Waals surface area contributed by atoms with Gasteiger partial charge in [-0.05, 0) is 88.0 Å². The van der Waals surface area contributed by atoms with Crippen LogP contribution in [-0.2, 0) is 0 Å². The Bertz CT molecular complexity index is 3510. The quantitative estimate of drug-likeness (QED) is 0.176. The van der Waals surface area contributed by atoms with Crippen molar-refractivity contribution in [1.29, 1.82) is 0 Å². The van der Waals surface area contributed by atoms with Crippen LogP contribution >= 0.6 is 11.3 Å². The molecule has 0 aliphatic carbocycles. The number of benzene rings is 8. The standard InChI is InChI=1S/C52H31N3OS/c1-3-10-32(11-4-1)33-18-20-34(21-19-33)35-24-27-46-43(28-35)51-52(56-46)50(53-31-54-51)37-22-25-41-48(30-37)57-47-17-9-15-39(49(41)47)36-23-26-45-42(29-36)40-14-7-8-16-44(40)55(45)38-12-5-2-6-13-38/h1-31H. The van der Waals surface area contributed by atoms with Gasteiger partial charge in [0, 0.05) is 47.6 Å². The lowest BCUT2D eigenvalue weighted by molar-refractivity contribution is 0.667. The van der Waals surface area contributed by atoms with E-state index in [4.69, 9.17) is 14.4 Å². The average Bonchev–Trinajstić information content (AvgIpc) is 3.96. The van der Waals surface area contributed by atoms with Crippen LogP contribution in [0.2, 0.25) is 0 Å². The SMILES string of the molecule is c1ccc(-c2ccc(-c3ccc4oc5c(-c6ccc7c(c6)sc6cccc(-c8ccc9c(c8)c8ccccc8n9-c8ccccc8)c67)ncnc5c4c3)cc2)cc1. The molecule has 0 saturated heterocycles. The summed E-state index contributed by atoms with van der Waals surface area (Å²) in [6.07, 6.45) is 1.66. The second-order valence-corrected chi connectivity index (χ2v) is 15.7. The second kappa shape index (κ2) is 12.6. The summed E-state index contributed by atoms with van der Waals surface area (Å²) in [6, 6.07) is 65.2. The van der Waals surface area contributed by atoms with Crippen LogP contribution in [0.4, 0.5) is 0 Å². The molecule has 4 nitrogen and oxygen atoms in total. The highest BCUT2D eigenvalue weighted by Crippen LogP contribution is 2.44. The van der Waals surface area contributed by atoms with Crippen LogP contribution < -0.4 is 0 Å². The van der Waals surface area contributed by atoms with Gasteiger partial charge in [0.25, 0.3) is 0 Å². The Hall–Kier alpha value is -7.34. The van der Waals surface area contributed by atoms with Crippen LogP contribution in [0.15, 0.2) is 193 Å². The summed E-state index contributed by atoms with van der Waals surface area (Å²) in [5.74, 6) is 0. The highest BCUT2D eigenvalue weighted by Gasteiger charge is 2.19. The average molecular weight is 746 g/mol. The molecule has 12 aromatic rings. The maximum atomic E-state index is 6.53. The third-order valence-corrected chi connectivity index (χ3v) is 12.5. The number of furan rings is 1. The molecule has 5 heteroatoms. The van der Waals surface area contributed by atoms with Crippen molar-refractivity contribution in [3.8, 4) is 50.3 Å². The van der Waals surface area contributed by atoms with E-state index in [2.05, 4.69) is 180 Å². The Labute approximate surface area is 331 Å². The molecule has 8 aromatic carbocycles. The maximum Gasteiger partial charge on any atom is 0.180 e. The van der Waals surface area contributed by atoms with Crippen LogP contribution in [-0.4, -0.2) is 14.5 Å². The first-order valence-electron chi connectivity index (χ1n) is 19.1. The first-order chi connectivity index (χ1) is 28.2. The zero-order valence-corrected chi connectivity index (χ0v) is 31.4. The minimum Gasteiger partial charge on any atom is -0.452 e. The smallest absolute Gasteiger partial charge is 0.180 e. The monoisotopic (exact) mass is 745 g/mol. The predicted molar refractivity (Wildman–Crippen MR) is 238 cm³/mol. The van der Waals surface area contributed by atoms with Gasteiger partial charge in [0.2, 0.25) is 0 Å². The van der Waals surface area contributed by atoms with Gasteiger partial charge in [-0.1, -0.05) is 127 Å². The lowest BCUT2D eigenvalue weighted by Gasteiger charge is -2.09. The molecule has 0 aliphatic rings. The van der Waals surface area contributed by atoms with Gasteiger partial charge in [0.1, 0.15) is 23.1 Å². The van der Waals surface area contributed by atoms with Crippen molar-refractivity contribution < 1.29 is 4.42 Å². The van der Waals surface area contributed by atoms with Crippen molar-refractivity contribution in [2.24, 2.45) is 0 Å². The predicted octanol–water partition coefficient (Wildman–Crippen LogP) is 14.5. The lowest BCUT2D eigenvalue weighted by Crippen LogP contribution is -1.92. The third-order valence-electron chi connectivity index (χ3n) is 11.3.